The van der Waals surface area contributed by atoms with E-state index in [-0.39, 0.29) is 6.54 Å². The fourth-order valence-corrected chi connectivity index (χ4v) is 0. The van der Waals surface area contributed by atoms with E-state index in [0.29, 0.717) is 0 Å². The van der Waals surface area contributed by atoms with E-state index in [1.54, 1.807) is 6.07 Å². The molecule has 0 aliphatic carbocycles. The zero-order valence-corrected chi connectivity index (χ0v) is 5.32. The number of nitrogens with zero attached hydrogens (tertiary/aromatic N) is 1. The monoisotopic (exact) mass is 154 g/mol. The van der Waals surface area contributed by atoms with E-state index in [9.17, 15) is 0 Å². The van der Waals surface area contributed by atoms with Gasteiger partial charge in [-0.25, -0.2) is 4.57 Å². The van der Waals surface area contributed by atoms with Crippen molar-refractivity contribution in [2.75, 3.05) is 6.54 Å². The lowest BCUT2D eigenvalue weighted by atomic mass is 10.8. The molecule has 0 fully saturated rings. The molecule has 9 heavy (non-hydrogen) atoms. The highest BCUT2D eigenvalue weighted by Crippen LogP contribution is 2.25. The summed E-state index contributed by atoms with van der Waals surface area (Å²) in [4.78, 5) is 21.6. The Morgan fingerprint density at radius 3 is 1.67 bits per heavy atom. The summed E-state index contributed by atoms with van der Waals surface area (Å²) in [7, 11) is -4.64. The Bertz CT molecular complexity index is 126. The van der Waals surface area contributed by atoms with Gasteiger partial charge in [0.2, 0.25) is 0 Å². The predicted octanol–water partition coefficient (Wildman–Crippen LogP) is -1.46. The maximum absolute atomic E-state index is 8.88. The average Bonchev–Trinajstić information content (AvgIpc) is 1.61. The first-order valence-electron chi connectivity index (χ1n) is 1.77. The molecule has 5 N–H and O–H groups in total. The van der Waals surface area contributed by atoms with Crippen LogP contribution in [0.4, 0.5) is 0 Å². The molecule has 0 bridgehead atoms. The summed E-state index contributed by atoms with van der Waals surface area (Å²) in [6.07, 6.45) is 0. The third-order valence-corrected chi connectivity index (χ3v) is 0.0913. The molecular formula is C2H7N2O4P. The first kappa shape index (κ1) is 11.4. The van der Waals surface area contributed by atoms with Gasteiger partial charge in [0.1, 0.15) is 0 Å². The normalized spacial score (nSPS) is 8.78. The standard InChI is InChI=1S/C2H4N2.H3O4P/c3-1-2-4;1-5(2,3)4/h1,3H2;(H3,1,2,3,4). The van der Waals surface area contributed by atoms with Crippen molar-refractivity contribution in [2.24, 2.45) is 5.73 Å². The molecule has 0 saturated carbocycles. The van der Waals surface area contributed by atoms with Gasteiger partial charge in [-0.3, -0.25) is 0 Å². The van der Waals surface area contributed by atoms with Crippen LogP contribution in [0.5, 0.6) is 0 Å². The van der Waals surface area contributed by atoms with Gasteiger partial charge >= 0.3 is 7.82 Å². The molecule has 0 aliphatic heterocycles. The molecule has 0 unspecified atom stereocenters. The molecule has 54 valence electrons. The number of hydrogen-bond acceptors (Lipinski definition) is 3. The van der Waals surface area contributed by atoms with E-state index in [1.165, 1.54) is 0 Å². The van der Waals surface area contributed by atoms with Crippen LogP contribution in [0.2, 0.25) is 0 Å². The summed E-state index contributed by atoms with van der Waals surface area (Å²) in [6, 6.07) is 1.71. The summed E-state index contributed by atoms with van der Waals surface area (Å²) in [6.45, 7) is 0.125. The maximum atomic E-state index is 8.88. The van der Waals surface area contributed by atoms with E-state index < -0.39 is 7.82 Å². The number of nitrogens with two attached hydrogens (primary N) is 1. The van der Waals surface area contributed by atoms with E-state index in [0.717, 1.165) is 0 Å². The molecule has 0 saturated heterocycles. The lowest BCUT2D eigenvalue weighted by Crippen LogP contribution is -1.91. The first-order chi connectivity index (χ1) is 3.91. The topological polar surface area (TPSA) is 128 Å². The molecule has 0 rings (SSSR count). The predicted molar refractivity (Wildman–Crippen MR) is 28.9 cm³/mol. The third-order valence-electron chi connectivity index (χ3n) is 0.0913. The molecule has 0 heterocycles. The van der Waals surface area contributed by atoms with Crippen molar-refractivity contribution in [1.82, 2.24) is 0 Å². The average molecular weight is 154 g/mol. The zero-order chi connectivity index (χ0) is 7.91. The highest BCUT2D eigenvalue weighted by atomic mass is 31.2. The first-order valence-corrected chi connectivity index (χ1v) is 3.33. The van der Waals surface area contributed by atoms with Crippen LogP contribution in [0.25, 0.3) is 0 Å². The van der Waals surface area contributed by atoms with Crippen LogP contribution in [0.15, 0.2) is 0 Å². The van der Waals surface area contributed by atoms with E-state index in [2.05, 4.69) is 5.73 Å². The van der Waals surface area contributed by atoms with Gasteiger partial charge in [0.25, 0.3) is 0 Å². The van der Waals surface area contributed by atoms with Gasteiger partial charge in [0.15, 0.2) is 0 Å². The zero-order valence-electron chi connectivity index (χ0n) is 4.43. The van der Waals surface area contributed by atoms with Crippen LogP contribution in [0.3, 0.4) is 0 Å². The molecule has 0 spiro atoms. The fourth-order valence-electron chi connectivity index (χ4n) is 0. The van der Waals surface area contributed by atoms with Crippen molar-refractivity contribution < 1.29 is 19.2 Å². The molecular weight excluding hydrogens is 147 g/mol. The summed E-state index contributed by atoms with van der Waals surface area (Å²) >= 11 is 0. The molecule has 0 aromatic heterocycles. The van der Waals surface area contributed by atoms with Crippen LogP contribution >= 0.6 is 7.82 Å². The SMILES string of the molecule is N#CCN.O=P(O)(O)O. The van der Waals surface area contributed by atoms with Crippen LogP contribution in [-0.2, 0) is 4.57 Å². The Labute approximate surface area is 51.8 Å². The van der Waals surface area contributed by atoms with Gasteiger partial charge < -0.3 is 20.4 Å². The molecule has 0 radical (unpaired) electrons. The lowest BCUT2D eigenvalue weighted by Gasteiger charge is -1.82. The summed E-state index contributed by atoms with van der Waals surface area (Å²) in [5, 5.41) is 7.50. The van der Waals surface area contributed by atoms with Crippen molar-refractivity contribution in [1.29, 1.82) is 5.26 Å². The van der Waals surface area contributed by atoms with Gasteiger partial charge in [-0.05, 0) is 0 Å². The summed E-state index contributed by atoms with van der Waals surface area (Å²) in [5.74, 6) is 0. The lowest BCUT2D eigenvalue weighted by molar-refractivity contribution is 0.275. The minimum atomic E-state index is -4.64. The number of hydrogen-bond donors (Lipinski definition) is 4. The van der Waals surface area contributed by atoms with E-state index in [4.69, 9.17) is 24.5 Å². The Balaban J connectivity index is 0. The van der Waals surface area contributed by atoms with Crippen molar-refractivity contribution in [2.45, 2.75) is 0 Å². The van der Waals surface area contributed by atoms with Crippen molar-refractivity contribution in [3.8, 4) is 6.07 Å². The maximum Gasteiger partial charge on any atom is 0.466 e. The van der Waals surface area contributed by atoms with Crippen LogP contribution in [0.1, 0.15) is 0 Å². The van der Waals surface area contributed by atoms with Crippen LogP contribution in [-0.4, -0.2) is 21.2 Å². The smallest absolute Gasteiger partial charge is 0.318 e. The number of nitriles is 1. The Morgan fingerprint density at radius 2 is 1.67 bits per heavy atom. The molecule has 0 atom stereocenters. The molecule has 6 nitrogen and oxygen atoms in total. The summed E-state index contributed by atoms with van der Waals surface area (Å²) < 4.78 is 8.88. The van der Waals surface area contributed by atoms with Crippen molar-refractivity contribution in [3.63, 3.8) is 0 Å². The van der Waals surface area contributed by atoms with Crippen molar-refractivity contribution in [3.05, 3.63) is 0 Å². The minimum absolute atomic E-state index is 0.125. The highest BCUT2D eigenvalue weighted by Gasteiger charge is 2.00. The Morgan fingerprint density at radius 1 is 1.56 bits per heavy atom. The number of rotatable bonds is 0. The van der Waals surface area contributed by atoms with Gasteiger partial charge in [-0.15, -0.1) is 0 Å². The minimum Gasteiger partial charge on any atom is -0.318 e. The Kier molecular flexibility index (Phi) is 7.19. The number of phosphoric acid groups is 1. The molecule has 0 aromatic rings. The van der Waals surface area contributed by atoms with Crippen molar-refractivity contribution >= 4 is 7.82 Å². The van der Waals surface area contributed by atoms with E-state index in [1.807, 2.05) is 0 Å². The van der Waals surface area contributed by atoms with Gasteiger partial charge in [-0.1, -0.05) is 0 Å². The third kappa shape index (κ3) is 745. The second-order valence-corrected chi connectivity index (χ2v) is 1.90. The molecule has 0 aliphatic rings. The van der Waals surface area contributed by atoms with E-state index >= 15 is 0 Å². The quantitative estimate of drug-likeness (QED) is 0.249. The van der Waals surface area contributed by atoms with Gasteiger partial charge in [0, 0.05) is 0 Å². The largest absolute Gasteiger partial charge is 0.466 e. The van der Waals surface area contributed by atoms with Crippen LogP contribution in [0, 0.1) is 11.3 Å². The Hall–Kier alpha value is -0.440. The second kappa shape index (κ2) is 5.69. The van der Waals surface area contributed by atoms with Gasteiger partial charge in [-0.2, -0.15) is 5.26 Å². The molecule has 0 aromatic carbocycles. The molecule has 0 amide bonds. The highest BCUT2D eigenvalue weighted by molar-refractivity contribution is 7.45. The summed E-state index contributed by atoms with van der Waals surface area (Å²) in [5.41, 5.74) is 4.67. The van der Waals surface area contributed by atoms with Gasteiger partial charge in [0.05, 0.1) is 12.6 Å². The fraction of sp³-hybridized carbons (Fsp3) is 0.500. The van der Waals surface area contributed by atoms with Crippen LogP contribution < -0.4 is 5.73 Å². The molecule has 7 heteroatoms. The second-order valence-electron chi connectivity index (χ2n) is 0.876.